The first-order chi connectivity index (χ1) is 14.3. The fourth-order valence-electron chi connectivity index (χ4n) is 3.87. The highest BCUT2D eigenvalue weighted by atomic mass is 19.1. The molecule has 2 aliphatic rings. The van der Waals surface area contributed by atoms with Crippen LogP contribution in [0.3, 0.4) is 0 Å². The van der Waals surface area contributed by atoms with Gasteiger partial charge in [0.25, 0.3) is 11.5 Å². The van der Waals surface area contributed by atoms with E-state index in [1.165, 1.54) is 28.8 Å². The number of carbonyl (C=O) groups is 2. The summed E-state index contributed by atoms with van der Waals surface area (Å²) in [4.78, 5) is 41.0. The maximum absolute atomic E-state index is 13.0. The molecule has 2 unspecified atom stereocenters. The summed E-state index contributed by atoms with van der Waals surface area (Å²) in [5.74, 6) is -2.03. The molecule has 1 aromatic heterocycles. The van der Waals surface area contributed by atoms with Crippen molar-refractivity contribution in [3.05, 3.63) is 57.5 Å². The zero-order chi connectivity index (χ0) is 21.5. The first-order valence-corrected chi connectivity index (χ1v) is 9.29. The van der Waals surface area contributed by atoms with Gasteiger partial charge < -0.3 is 25.6 Å². The lowest BCUT2D eigenvalue weighted by atomic mass is 9.94. The molecule has 2 amide bonds. The molecule has 1 fully saturated rings. The molecule has 4 N–H and O–H groups in total. The Morgan fingerprint density at radius 2 is 2.07 bits per heavy atom. The Bertz CT molecular complexity index is 1070. The highest BCUT2D eigenvalue weighted by Gasteiger charge is 2.49. The molecule has 2 atom stereocenters. The molecule has 10 nitrogen and oxygen atoms in total. The van der Waals surface area contributed by atoms with E-state index in [0.29, 0.717) is 12.0 Å². The molecule has 3 heterocycles. The third-order valence-electron chi connectivity index (χ3n) is 5.32. The molecule has 0 radical (unpaired) electrons. The van der Waals surface area contributed by atoms with E-state index in [0.717, 1.165) is 0 Å². The minimum absolute atomic E-state index is 0.0162. The molecule has 11 heteroatoms. The van der Waals surface area contributed by atoms with E-state index in [4.69, 9.17) is 4.74 Å². The van der Waals surface area contributed by atoms with Crippen LogP contribution in [-0.2, 0) is 23.4 Å². The number of nitrogens with one attached hydrogen (secondary N) is 2. The smallest absolute Gasteiger partial charge is 0.405 e. The van der Waals surface area contributed by atoms with Crippen LogP contribution in [0.1, 0.15) is 34.7 Å². The van der Waals surface area contributed by atoms with Gasteiger partial charge >= 0.3 is 6.09 Å². The van der Waals surface area contributed by atoms with Crippen LogP contribution in [0.4, 0.5) is 9.18 Å². The van der Waals surface area contributed by atoms with Gasteiger partial charge in [0.2, 0.25) is 5.75 Å². The van der Waals surface area contributed by atoms with E-state index in [1.807, 2.05) is 0 Å². The second kappa shape index (κ2) is 7.41. The number of carbonyl (C=O) groups excluding carboxylic acids is 1. The van der Waals surface area contributed by atoms with Gasteiger partial charge in [-0.05, 0) is 24.1 Å². The average molecular weight is 418 g/mol. The number of aromatic hydroxyl groups is 1. The molecule has 0 saturated carbocycles. The molecule has 2 bridgehead atoms. The average Bonchev–Trinajstić information content (AvgIpc) is 3.03. The monoisotopic (exact) mass is 418 g/mol. The van der Waals surface area contributed by atoms with E-state index in [2.05, 4.69) is 15.6 Å². The molecule has 0 spiro atoms. The van der Waals surface area contributed by atoms with Crippen LogP contribution < -0.4 is 16.2 Å². The van der Waals surface area contributed by atoms with Gasteiger partial charge in [-0.1, -0.05) is 12.1 Å². The number of ether oxygens (including phenoxy) is 1. The first-order valence-electron chi connectivity index (χ1n) is 9.29. The minimum Gasteiger partial charge on any atom is -0.501 e. The van der Waals surface area contributed by atoms with E-state index in [9.17, 15) is 29.0 Å². The molecule has 0 aliphatic carbocycles. The van der Waals surface area contributed by atoms with Crippen LogP contribution in [-0.4, -0.2) is 44.5 Å². The molecular weight excluding hydrogens is 399 g/mol. The molecule has 158 valence electrons. The van der Waals surface area contributed by atoms with E-state index >= 15 is 0 Å². The predicted molar refractivity (Wildman–Crippen MR) is 99.5 cm³/mol. The standard InChI is InChI=1S/C19H19FN4O6/c20-11-3-1-10(2-4-11)8-21-15(26)13-14(25)16(27)24-6-5-12-7-19(9-30-12,17(24)22-13)23-18(28)29/h1-4,12,23,25H,5-9H2,(H,21,26)(H,28,29). The number of carboxylic acid groups (broad SMARTS) is 1. The van der Waals surface area contributed by atoms with Gasteiger partial charge in [-0.25, -0.2) is 14.2 Å². The Morgan fingerprint density at radius 3 is 2.77 bits per heavy atom. The van der Waals surface area contributed by atoms with Crippen molar-refractivity contribution in [3.63, 3.8) is 0 Å². The third-order valence-corrected chi connectivity index (χ3v) is 5.32. The van der Waals surface area contributed by atoms with Crippen LogP contribution in [0.5, 0.6) is 5.75 Å². The number of nitrogens with zero attached hydrogens (tertiary/aromatic N) is 2. The Morgan fingerprint density at radius 1 is 1.33 bits per heavy atom. The van der Waals surface area contributed by atoms with Crippen molar-refractivity contribution in [2.24, 2.45) is 0 Å². The van der Waals surface area contributed by atoms with Crippen LogP contribution >= 0.6 is 0 Å². The number of rotatable bonds is 4. The van der Waals surface area contributed by atoms with E-state index in [-0.39, 0.29) is 38.0 Å². The molecule has 30 heavy (non-hydrogen) atoms. The van der Waals surface area contributed by atoms with Gasteiger partial charge in [-0.3, -0.25) is 14.2 Å². The zero-order valence-electron chi connectivity index (χ0n) is 15.7. The first kappa shape index (κ1) is 19.8. The Hall–Kier alpha value is -3.47. The van der Waals surface area contributed by atoms with Gasteiger partial charge in [0.15, 0.2) is 5.69 Å². The third kappa shape index (κ3) is 3.47. The van der Waals surface area contributed by atoms with Gasteiger partial charge in [0.1, 0.15) is 17.2 Å². The highest BCUT2D eigenvalue weighted by Crippen LogP contribution is 2.37. The van der Waals surface area contributed by atoms with Gasteiger partial charge in [-0.2, -0.15) is 0 Å². The number of benzene rings is 1. The van der Waals surface area contributed by atoms with Crippen molar-refractivity contribution in [2.75, 3.05) is 6.61 Å². The predicted octanol–water partition coefficient (Wildman–Crippen LogP) is 0.673. The van der Waals surface area contributed by atoms with Gasteiger partial charge in [0.05, 0.1) is 12.7 Å². The lowest BCUT2D eigenvalue weighted by Gasteiger charge is -2.28. The van der Waals surface area contributed by atoms with Crippen molar-refractivity contribution >= 4 is 12.0 Å². The molecular formula is C19H19FN4O6. The number of hydrogen-bond donors (Lipinski definition) is 4. The van der Waals surface area contributed by atoms with Crippen molar-refractivity contribution in [2.45, 2.75) is 37.6 Å². The summed E-state index contributed by atoms with van der Waals surface area (Å²) < 4.78 is 19.8. The summed E-state index contributed by atoms with van der Waals surface area (Å²) >= 11 is 0. The largest absolute Gasteiger partial charge is 0.501 e. The lowest BCUT2D eigenvalue weighted by Crippen LogP contribution is -2.50. The van der Waals surface area contributed by atoms with Crippen LogP contribution in [0, 0.1) is 5.82 Å². The quantitative estimate of drug-likeness (QED) is 0.572. The maximum atomic E-state index is 13.0. The second-order valence-electron chi connectivity index (χ2n) is 7.34. The molecule has 2 aromatic rings. The minimum atomic E-state index is -1.32. The summed E-state index contributed by atoms with van der Waals surface area (Å²) in [6, 6.07) is 5.45. The fourth-order valence-corrected chi connectivity index (χ4v) is 3.87. The Kier molecular flexibility index (Phi) is 4.90. The topological polar surface area (TPSA) is 143 Å². The number of halogens is 1. The molecule has 1 saturated heterocycles. The van der Waals surface area contributed by atoms with Crippen LogP contribution in [0.15, 0.2) is 29.1 Å². The Labute approximate surface area is 169 Å². The number of hydrogen-bond acceptors (Lipinski definition) is 6. The van der Waals surface area contributed by atoms with Crippen LogP contribution in [0.25, 0.3) is 0 Å². The van der Waals surface area contributed by atoms with Crippen molar-refractivity contribution < 1.29 is 28.9 Å². The summed E-state index contributed by atoms with van der Waals surface area (Å²) in [6.45, 7) is 0.139. The van der Waals surface area contributed by atoms with Crippen molar-refractivity contribution in [3.8, 4) is 5.75 Å². The lowest BCUT2D eigenvalue weighted by molar-refractivity contribution is 0.0811. The van der Waals surface area contributed by atoms with E-state index < -0.39 is 40.4 Å². The SMILES string of the molecule is O=C(O)NC12COC(CCn3c1nc(C(=O)NCc1ccc(F)cc1)c(O)c3=O)C2. The second-order valence-corrected chi connectivity index (χ2v) is 7.34. The van der Waals surface area contributed by atoms with Crippen molar-refractivity contribution in [1.82, 2.24) is 20.2 Å². The summed E-state index contributed by atoms with van der Waals surface area (Å²) in [6.07, 6.45) is -0.909. The van der Waals surface area contributed by atoms with Gasteiger partial charge in [0, 0.05) is 19.5 Å². The van der Waals surface area contributed by atoms with Crippen molar-refractivity contribution in [1.29, 1.82) is 0 Å². The highest BCUT2D eigenvalue weighted by molar-refractivity contribution is 5.94. The summed E-state index contributed by atoms with van der Waals surface area (Å²) in [7, 11) is 0. The Balaban J connectivity index is 1.70. The molecule has 1 aromatic carbocycles. The number of amides is 2. The molecule has 2 aliphatic heterocycles. The van der Waals surface area contributed by atoms with Gasteiger partial charge in [-0.15, -0.1) is 0 Å². The van der Waals surface area contributed by atoms with E-state index in [1.54, 1.807) is 0 Å². The fraction of sp³-hybridized carbons (Fsp3) is 0.368. The van der Waals surface area contributed by atoms with Crippen LogP contribution in [0.2, 0.25) is 0 Å². The number of fused-ring (bicyclic) bond motifs is 4. The zero-order valence-corrected chi connectivity index (χ0v) is 15.7. The number of aromatic nitrogens is 2. The molecule has 4 rings (SSSR count). The maximum Gasteiger partial charge on any atom is 0.405 e. The summed E-state index contributed by atoms with van der Waals surface area (Å²) in [5, 5.41) is 24.5. The summed E-state index contributed by atoms with van der Waals surface area (Å²) in [5.41, 5.74) is -2.03. The normalized spacial score (nSPS) is 22.1.